The zero-order chi connectivity index (χ0) is 13.7. The van der Waals surface area contributed by atoms with Crippen LogP contribution >= 0.6 is 27.7 Å². The van der Waals surface area contributed by atoms with Gasteiger partial charge >= 0.3 is 0 Å². The molecular formula is C17H25BrS. The fourth-order valence-corrected chi connectivity index (χ4v) is 5.14. The van der Waals surface area contributed by atoms with E-state index in [1.165, 1.54) is 60.3 Å². The van der Waals surface area contributed by atoms with Gasteiger partial charge < -0.3 is 0 Å². The maximum Gasteiger partial charge on any atom is 0.00959 e. The Morgan fingerprint density at radius 1 is 1.05 bits per heavy atom. The zero-order valence-electron chi connectivity index (χ0n) is 12.2. The highest BCUT2D eigenvalue weighted by molar-refractivity contribution is 9.09. The van der Waals surface area contributed by atoms with Gasteiger partial charge in [0, 0.05) is 16.0 Å². The molecule has 0 atom stereocenters. The van der Waals surface area contributed by atoms with Crippen LogP contribution in [-0.2, 0) is 0 Å². The Bertz CT molecular complexity index is 406. The summed E-state index contributed by atoms with van der Waals surface area (Å²) in [6.07, 6.45) is 8.50. The van der Waals surface area contributed by atoms with Gasteiger partial charge in [-0.15, -0.1) is 11.8 Å². The number of alkyl halides is 1. The topological polar surface area (TPSA) is 0 Å². The van der Waals surface area contributed by atoms with Crippen molar-refractivity contribution in [1.29, 1.82) is 0 Å². The average molecular weight is 341 g/mol. The van der Waals surface area contributed by atoms with E-state index in [1.54, 1.807) is 0 Å². The average Bonchev–Trinajstić information content (AvgIpc) is 2.66. The molecule has 0 spiro atoms. The van der Waals surface area contributed by atoms with Gasteiger partial charge in [0.2, 0.25) is 0 Å². The van der Waals surface area contributed by atoms with Gasteiger partial charge in [-0.25, -0.2) is 0 Å². The smallest absolute Gasteiger partial charge is 0.00959 e. The van der Waals surface area contributed by atoms with Crippen molar-refractivity contribution < 1.29 is 0 Å². The van der Waals surface area contributed by atoms with E-state index in [-0.39, 0.29) is 0 Å². The first kappa shape index (κ1) is 15.4. The highest BCUT2D eigenvalue weighted by atomic mass is 79.9. The molecule has 0 amide bonds. The van der Waals surface area contributed by atoms with Crippen molar-refractivity contribution in [2.45, 2.75) is 57.3 Å². The summed E-state index contributed by atoms with van der Waals surface area (Å²) in [4.78, 5) is 1.44. The van der Waals surface area contributed by atoms with Crippen molar-refractivity contribution in [3.63, 3.8) is 0 Å². The van der Waals surface area contributed by atoms with E-state index < -0.39 is 0 Å². The van der Waals surface area contributed by atoms with E-state index in [4.69, 9.17) is 0 Å². The number of aryl methyl sites for hydroxylation is 2. The Balaban J connectivity index is 2.00. The first-order valence-electron chi connectivity index (χ1n) is 7.41. The Morgan fingerprint density at radius 3 is 2.32 bits per heavy atom. The van der Waals surface area contributed by atoms with Crippen LogP contribution in [0, 0.1) is 19.3 Å². The summed E-state index contributed by atoms with van der Waals surface area (Å²) in [5.74, 6) is 1.26. The second-order valence-electron chi connectivity index (χ2n) is 6.08. The highest BCUT2D eigenvalue weighted by Crippen LogP contribution is 2.41. The van der Waals surface area contributed by atoms with E-state index in [0.29, 0.717) is 5.41 Å². The molecule has 1 aromatic rings. The van der Waals surface area contributed by atoms with Crippen molar-refractivity contribution in [2.24, 2.45) is 5.41 Å². The summed E-state index contributed by atoms with van der Waals surface area (Å²) in [5, 5.41) is 1.16. The van der Waals surface area contributed by atoms with Gasteiger partial charge in [0.1, 0.15) is 0 Å². The summed E-state index contributed by atoms with van der Waals surface area (Å²) in [6, 6.07) is 6.88. The fourth-order valence-electron chi connectivity index (χ4n) is 2.84. The van der Waals surface area contributed by atoms with Gasteiger partial charge in [0.25, 0.3) is 0 Å². The van der Waals surface area contributed by atoms with Gasteiger partial charge in [-0.05, 0) is 55.4 Å². The maximum absolute atomic E-state index is 3.79. The van der Waals surface area contributed by atoms with Gasteiger partial charge in [-0.2, -0.15) is 0 Å². The van der Waals surface area contributed by atoms with Gasteiger partial charge in [0.15, 0.2) is 0 Å². The summed E-state index contributed by atoms with van der Waals surface area (Å²) in [6.45, 7) is 4.40. The van der Waals surface area contributed by atoms with Crippen LogP contribution in [-0.4, -0.2) is 11.1 Å². The number of halogens is 1. The quantitative estimate of drug-likeness (QED) is 0.360. The van der Waals surface area contributed by atoms with Crippen LogP contribution in [0.2, 0.25) is 0 Å². The third-order valence-corrected chi connectivity index (χ3v) is 7.00. The lowest BCUT2D eigenvalue weighted by Gasteiger charge is -2.30. The Morgan fingerprint density at radius 2 is 1.74 bits per heavy atom. The summed E-state index contributed by atoms with van der Waals surface area (Å²) < 4.78 is 0. The fraction of sp³-hybridized carbons (Fsp3) is 0.647. The minimum Gasteiger partial charge on any atom is -0.126 e. The molecule has 1 fully saturated rings. The summed E-state index contributed by atoms with van der Waals surface area (Å²) in [7, 11) is 0. The maximum atomic E-state index is 3.79. The number of thioether (sulfide) groups is 1. The summed E-state index contributed by atoms with van der Waals surface area (Å²) >= 11 is 5.84. The number of benzene rings is 1. The lowest BCUT2D eigenvalue weighted by atomic mass is 9.85. The van der Waals surface area contributed by atoms with E-state index in [9.17, 15) is 0 Å². The third-order valence-electron chi connectivity index (χ3n) is 4.47. The molecule has 0 aromatic heterocycles. The number of hydrogen-bond acceptors (Lipinski definition) is 1. The van der Waals surface area contributed by atoms with Crippen LogP contribution in [0.3, 0.4) is 0 Å². The second-order valence-corrected chi connectivity index (χ2v) is 7.69. The molecule has 0 saturated heterocycles. The van der Waals surface area contributed by atoms with Crippen LogP contribution in [0.5, 0.6) is 0 Å². The van der Waals surface area contributed by atoms with Gasteiger partial charge in [-0.3, -0.25) is 0 Å². The van der Waals surface area contributed by atoms with Crippen molar-refractivity contribution in [1.82, 2.24) is 0 Å². The van der Waals surface area contributed by atoms with Crippen molar-refractivity contribution >= 4 is 27.7 Å². The van der Waals surface area contributed by atoms with Crippen LogP contribution in [0.25, 0.3) is 0 Å². The molecule has 1 aliphatic carbocycles. The Kier molecular flexibility index (Phi) is 5.83. The Hall–Kier alpha value is 0.0500. The lowest BCUT2D eigenvalue weighted by Crippen LogP contribution is -2.25. The molecule has 0 unspecified atom stereocenters. The molecule has 0 heterocycles. The standard InChI is InChI=1S/C17H25BrS/c1-14-7-8-16(11-15(14)2)19-13-17(12-18)9-5-3-4-6-10-17/h7-8,11H,3-6,9-10,12-13H2,1-2H3. The van der Waals surface area contributed by atoms with Crippen molar-refractivity contribution in [3.8, 4) is 0 Å². The number of hydrogen-bond donors (Lipinski definition) is 0. The molecule has 1 aliphatic rings. The molecule has 0 radical (unpaired) electrons. The van der Waals surface area contributed by atoms with E-state index in [0.717, 1.165) is 5.33 Å². The SMILES string of the molecule is Cc1ccc(SCC2(CBr)CCCCCC2)cc1C. The molecule has 1 aromatic carbocycles. The van der Waals surface area contributed by atoms with Crippen LogP contribution in [0.1, 0.15) is 49.7 Å². The second kappa shape index (κ2) is 7.17. The van der Waals surface area contributed by atoms with Gasteiger partial charge in [0.05, 0.1) is 0 Å². The minimum absolute atomic E-state index is 0.528. The van der Waals surface area contributed by atoms with E-state index >= 15 is 0 Å². The van der Waals surface area contributed by atoms with Crippen molar-refractivity contribution in [3.05, 3.63) is 29.3 Å². The van der Waals surface area contributed by atoms with Crippen LogP contribution < -0.4 is 0 Å². The molecule has 0 nitrogen and oxygen atoms in total. The minimum atomic E-state index is 0.528. The first-order chi connectivity index (χ1) is 9.15. The monoisotopic (exact) mass is 340 g/mol. The predicted molar refractivity (Wildman–Crippen MR) is 90.6 cm³/mol. The predicted octanol–water partition coefficient (Wildman–Crippen LogP) is 6.13. The molecule has 1 saturated carbocycles. The molecule has 0 aliphatic heterocycles. The van der Waals surface area contributed by atoms with Crippen LogP contribution in [0.15, 0.2) is 23.1 Å². The van der Waals surface area contributed by atoms with Gasteiger partial charge in [-0.1, -0.05) is 47.7 Å². The normalized spacial score (nSPS) is 19.1. The highest BCUT2D eigenvalue weighted by Gasteiger charge is 2.29. The lowest BCUT2D eigenvalue weighted by molar-refractivity contribution is 0.334. The molecular weight excluding hydrogens is 316 g/mol. The zero-order valence-corrected chi connectivity index (χ0v) is 14.6. The molecule has 106 valence electrons. The molecule has 19 heavy (non-hydrogen) atoms. The Labute approximate surface area is 130 Å². The third kappa shape index (κ3) is 4.26. The molecule has 2 heteroatoms. The van der Waals surface area contributed by atoms with Crippen molar-refractivity contribution in [2.75, 3.05) is 11.1 Å². The van der Waals surface area contributed by atoms with E-state index in [1.807, 2.05) is 0 Å². The largest absolute Gasteiger partial charge is 0.126 e. The molecule has 0 N–H and O–H groups in total. The van der Waals surface area contributed by atoms with Crippen LogP contribution in [0.4, 0.5) is 0 Å². The number of rotatable bonds is 4. The van der Waals surface area contributed by atoms with E-state index in [2.05, 4.69) is 59.7 Å². The molecule has 2 rings (SSSR count). The summed E-state index contributed by atoms with van der Waals surface area (Å²) in [5.41, 5.74) is 3.34. The molecule has 0 bridgehead atoms. The first-order valence-corrected chi connectivity index (χ1v) is 9.52.